The summed E-state index contributed by atoms with van der Waals surface area (Å²) in [7, 11) is 0. The molecular weight excluding hydrogens is 168 g/mol. The Morgan fingerprint density at radius 2 is 2.23 bits per heavy atom. The highest BCUT2D eigenvalue weighted by molar-refractivity contribution is 5.78. The molecule has 0 bridgehead atoms. The first-order valence-corrected chi connectivity index (χ1v) is 4.69. The predicted molar refractivity (Wildman–Crippen MR) is 50.3 cm³/mol. The highest BCUT2D eigenvalue weighted by Gasteiger charge is 2.37. The lowest BCUT2D eigenvalue weighted by Crippen LogP contribution is -2.67. The summed E-state index contributed by atoms with van der Waals surface area (Å²) < 4.78 is 5.14. The van der Waals surface area contributed by atoms with E-state index in [4.69, 9.17) is 10.5 Å². The van der Waals surface area contributed by atoms with Crippen molar-refractivity contribution in [3.05, 3.63) is 0 Å². The molecule has 2 N–H and O–H groups in total. The summed E-state index contributed by atoms with van der Waals surface area (Å²) in [4.78, 5) is 13.1. The van der Waals surface area contributed by atoms with Crippen molar-refractivity contribution < 1.29 is 9.53 Å². The number of carbonyl (C=O) groups is 1. The normalized spacial score (nSPS) is 19.8. The van der Waals surface area contributed by atoms with Gasteiger partial charge < -0.3 is 15.4 Å². The molecule has 1 fully saturated rings. The van der Waals surface area contributed by atoms with Crippen molar-refractivity contribution in [2.24, 2.45) is 5.73 Å². The molecule has 0 spiro atoms. The number of amides is 1. The van der Waals surface area contributed by atoms with E-state index in [0.717, 1.165) is 6.42 Å². The Morgan fingerprint density at radius 3 is 2.69 bits per heavy atom. The van der Waals surface area contributed by atoms with Gasteiger partial charge in [-0.2, -0.15) is 0 Å². The number of hydrogen-bond donors (Lipinski definition) is 1. The molecule has 1 saturated heterocycles. The first-order valence-electron chi connectivity index (χ1n) is 4.69. The van der Waals surface area contributed by atoms with Crippen LogP contribution in [0.5, 0.6) is 0 Å². The monoisotopic (exact) mass is 186 g/mol. The van der Waals surface area contributed by atoms with Crippen LogP contribution in [0.25, 0.3) is 0 Å². The molecule has 0 unspecified atom stereocenters. The molecule has 4 nitrogen and oxygen atoms in total. The van der Waals surface area contributed by atoms with E-state index < -0.39 is 0 Å². The second kappa shape index (κ2) is 4.07. The first kappa shape index (κ1) is 10.5. The lowest BCUT2D eigenvalue weighted by Gasteiger charge is -2.45. The molecule has 1 aliphatic heterocycles. The van der Waals surface area contributed by atoms with Crippen molar-refractivity contribution in [1.82, 2.24) is 4.90 Å². The smallest absolute Gasteiger partial charge is 0.248 e. The van der Waals surface area contributed by atoms with E-state index in [2.05, 4.69) is 0 Å². The van der Waals surface area contributed by atoms with E-state index in [1.807, 2.05) is 13.8 Å². The maximum absolute atomic E-state index is 11.3. The largest absolute Gasteiger partial charge is 0.372 e. The van der Waals surface area contributed by atoms with Gasteiger partial charge in [-0.25, -0.2) is 0 Å². The predicted octanol–water partition coefficient (Wildman–Crippen LogP) is -0.0274. The van der Waals surface area contributed by atoms with Crippen LogP contribution < -0.4 is 5.73 Å². The summed E-state index contributed by atoms with van der Waals surface area (Å²) in [5, 5.41) is 0. The zero-order chi connectivity index (χ0) is 9.90. The molecule has 1 amide bonds. The molecule has 0 aromatic heterocycles. The van der Waals surface area contributed by atoms with E-state index in [1.165, 1.54) is 0 Å². The SMILES string of the molecule is CCCOCC(=O)N1CC(C)(N)C1. The molecule has 0 radical (unpaired) electrons. The Hall–Kier alpha value is -0.610. The van der Waals surface area contributed by atoms with E-state index >= 15 is 0 Å². The maximum Gasteiger partial charge on any atom is 0.248 e. The summed E-state index contributed by atoms with van der Waals surface area (Å²) in [5.41, 5.74) is 5.59. The van der Waals surface area contributed by atoms with Gasteiger partial charge in [-0.1, -0.05) is 6.92 Å². The van der Waals surface area contributed by atoms with Gasteiger partial charge in [0.05, 0.1) is 0 Å². The van der Waals surface area contributed by atoms with Crippen molar-refractivity contribution in [3.63, 3.8) is 0 Å². The number of nitrogens with zero attached hydrogens (tertiary/aromatic N) is 1. The fourth-order valence-corrected chi connectivity index (χ4v) is 1.40. The Kier molecular flexibility index (Phi) is 3.27. The van der Waals surface area contributed by atoms with E-state index in [0.29, 0.717) is 19.7 Å². The number of rotatable bonds is 4. The molecule has 1 aliphatic rings. The average molecular weight is 186 g/mol. The number of likely N-dealkylation sites (tertiary alicyclic amines) is 1. The van der Waals surface area contributed by atoms with Gasteiger partial charge in [0.15, 0.2) is 0 Å². The van der Waals surface area contributed by atoms with Crippen molar-refractivity contribution in [2.45, 2.75) is 25.8 Å². The van der Waals surface area contributed by atoms with Crippen LogP contribution in [0, 0.1) is 0 Å². The number of carbonyl (C=O) groups excluding carboxylic acids is 1. The third kappa shape index (κ3) is 2.97. The van der Waals surface area contributed by atoms with E-state index in [1.54, 1.807) is 4.90 Å². The van der Waals surface area contributed by atoms with Crippen molar-refractivity contribution in [3.8, 4) is 0 Å². The average Bonchev–Trinajstić information content (AvgIpc) is 2.00. The van der Waals surface area contributed by atoms with Crippen LogP contribution in [0.2, 0.25) is 0 Å². The van der Waals surface area contributed by atoms with Gasteiger partial charge in [-0.15, -0.1) is 0 Å². The molecular formula is C9H18N2O2. The zero-order valence-corrected chi connectivity index (χ0v) is 8.38. The topological polar surface area (TPSA) is 55.6 Å². The molecule has 13 heavy (non-hydrogen) atoms. The van der Waals surface area contributed by atoms with Crippen LogP contribution in [-0.4, -0.2) is 42.6 Å². The fourth-order valence-electron chi connectivity index (χ4n) is 1.40. The van der Waals surface area contributed by atoms with Crippen LogP contribution in [-0.2, 0) is 9.53 Å². The third-order valence-electron chi connectivity index (χ3n) is 2.03. The fraction of sp³-hybridized carbons (Fsp3) is 0.889. The van der Waals surface area contributed by atoms with Crippen molar-refractivity contribution >= 4 is 5.91 Å². The molecule has 0 aliphatic carbocycles. The first-order chi connectivity index (χ1) is 6.05. The minimum atomic E-state index is -0.180. The quantitative estimate of drug-likeness (QED) is 0.627. The Labute approximate surface area is 79.0 Å². The highest BCUT2D eigenvalue weighted by atomic mass is 16.5. The Bertz CT molecular complexity index is 184. The zero-order valence-electron chi connectivity index (χ0n) is 8.38. The highest BCUT2D eigenvalue weighted by Crippen LogP contribution is 2.16. The van der Waals surface area contributed by atoms with Gasteiger partial charge >= 0.3 is 0 Å². The van der Waals surface area contributed by atoms with Crippen molar-refractivity contribution in [2.75, 3.05) is 26.3 Å². The molecule has 4 heteroatoms. The third-order valence-corrected chi connectivity index (χ3v) is 2.03. The molecule has 1 rings (SSSR count). The molecule has 0 aromatic carbocycles. The summed E-state index contributed by atoms with van der Waals surface area (Å²) in [5.74, 6) is 0.0522. The number of nitrogens with two attached hydrogens (primary N) is 1. The van der Waals surface area contributed by atoms with Gasteiger partial charge in [0.1, 0.15) is 6.61 Å². The lowest BCUT2D eigenvalue weighted by molar-refractivity contribution is -0.143. The summed E-state index contributed by atoms with van der Waals surface area (Å²) in [6.07, 6.45) is 0.946. The van der Waals surface area contributed by atoms with E-state index in [-0.39, 0.29) is 18.1 Å². The molecule has 0 atom stereocenters. The van der Waals surface area contributed by atoms with Crippen LogP contribution in [0.4, 0.5) is 0 Å². The van der Waals surface area contributed by atoms with Gasteiger partial charge in [0.25, 0.3) is 0 Å². The summed E-state index contributed by atoms with van der Waals surface area (Å²) in [6.45, 7) is 6.13. The summed E-state index contributed by atoms with van der Waals surface area (Å²) in [6, 6.07) is 0. The minimum absolute atomic E-state index is 0.0522. The van der Waals surface area contributed by atoms with Gasteiger partial charge in [0, 0.05) is 25.2 Å². The number of hydrogen-bond acceptors (Lipinski definition) is 3. The lowest BCUT2D eigenvalue weighted by atomic mass is 9.94. The van der Waals surface area contributed by atoms with Gasteiger partial charge in [-0.05, 0) is 13.3 Å². The van der Waals surface area contributed by atoms with Crippen molar-refractivity contribution in [1.29, 1.82) is 0 Å². The standard InChI is InChI=1S/C9H18N2O2/c1-3-4-13-5-8(12)11-6-9(2,10)7-11/h3-7,10H2,1-2H3. The van der Waals surface area contributed by atoms with Crippen LogP contribution >= 0.6 is 0 Å². The second-order valence-electron chi connectivity index (χ2n) is 3.96. The summed E-state index contributed by atoms with van der Waals surface area (Å²) >= 11 is 0. The Morgan fingerprint density at radius 1 is 1.62 bits per heavy atom. The molecule has 1 heterocycles. The maximum atomic E-state index is 11.3. The van der Waals surface area contributed by atoms with Crippen LogP contribution in [0.1, 0.15) is 20.3 Å². The Balaban J connectivity index is 2.12. The molecule has 0 saturated carbocycles. The molecule has 76 valence electrons. The van der Waals surface area contributed by atoms with Gasteiger partial charge in [0.2, 0.25) is 5.91 Å². The van der Waals surface area contributed by atoms with E-state index in [9.17, 15) is 4.79 Å². The minimum Gasteiger partial charge on any atom is -0.372 e. The second-order valence-corrected chi connectivity index (χ2v) is 3.96. The van der Waals surface area contributed by atoms with Crippen LogP contribution in [0.3, 0.4) is 0 Å². The molecule has 0 aromatic rings. The van der Waals surface area contributed by atoms with Crippen LogP contribution in [0.15, 0.2) is 0 Å². The number of ether oxygens (including phenoxy) is 1. The van der Waals surface area contributed by atoms with Gasteiger partial charge in [-0.3, -0.25) is 4.79 Å².